The summed E-state index contributed by atoms with van der Waals surface area (Å²) in [5.41, 5.74) is 6.95. The lowest BCUT2D eigenvalue weighted by Crippen LogP contribution is -2.33. The van der Waals surface area contributed by atoms with E-state index in [4.69, 9.17) is 5.73 Å². The summed E-state index contributed by atoms with van der Waals surface area (Å²) in [5.74, 6) is 0.137. The lowest BCUT2D eigenvalue weighted by molar-refractivity contribution is -0.130. The highest BCUT2D eigenvalue weighted by Gasteiger charge is 2.12. The number of nitrogen functional groups attached to an aromatic ring is 1. The second-order valence-electron chi connectivity index (χ2n) is 4.09. The van der Waals surface area contributed by atoms with Crippen molar-refractivity contribution in [2.45, 2.75) is 33.1 Å². The monoisotopic (exact) mass is 235 g/mol. The molecule has 0 saturated heterocycles. The van der Waals surface area contributed by atoms with Crippen molar-refractivity contribution in [2.24, 2.45) is 0 Å². The Morgan fingerprint density at radius 2 is 2.18 bits per heavy atom. The van der Waals surface area contributed by atoms with Crippen LogP contribution in [-0.2, 0) is 11.2 Å². The van der Waals surface area contributed by atoms with Crippen molar-refractivity contribution >= 4 is 11.6 Å². The smallest absolute Gasteiger partial charge is 0.228 e. The molecule has 1 aromatic heterocycles. The minimum Gasteiger partial charge on any atom is -0.397 e. The van der Waals surface area contributed by atoms with E-state index < -0.39 is 0 Å². The van der Waals surface area contributed by atoms with Gasteiger partial charge < -0.3 is 10.6 Å². The maximum atomic E-state index is 12.0. The van der Waals surface area contributed by atoms with Crippen LogP contribution in [0.1, 0.15) is 32.4 Å². The van der Waals surface area contributed by atoms with E-state index in [-0.39, 0.29) is 5.91 Å². The highest BCUT2D eigenvalue weighted by atomic mass is 16.2. The van der Waals surface area contributed by atoms with Gasteiger partial charge in [-0.25, -0.2) is 0 Å². The van der Waals surface area contributed by atoms with Crippen LogP contribution in [0.3, 0.4) is 0 Å². The highest BCUT2D eigenvalue weighted by molar-refractivity contribution is 5.78. The van der Waals surface area contributed by atoms with Crippen LogP contribution >= 0.6 is 0 Å². The molecule has 1 amide bonds. The number of nitrogens with two attached hydrogens (primary N) is 1. The number of rotatable bonds is 6. The van der Waals surface area contributed by atoms with Crippen LogP contribution in [0, 0.1) is 0 Å². The van der Waals surface area contributed by atoms with E-state index in [0.717, 1.165) is 31.6 Å². The molecule has 0 bridgehead atoms. The number of hydrogen-bond donors (Lipinski definition) is 1. The first kappa shape index (κ1) is 13.5. The van der Waals surface area contributed by atoms with Gasteiger partial charge >= 0.3 is 0 Å². The summed E-state index contributed by atoms with van der Waals surface area (Å²) < 4.78 is 0. The number of anilines is 1. The molecular weight excluding hydrogens is 214 g/mol. The van der Waals surface area contributed by atoms with Gasteiger partial charge in [-0.3, -0.25) is 9.78 Å². The molecule has 1 heterocycles. The zero-order chi connectivity index (χ0) is 12.7. The molecule has 1 rings (SSSR count). The Kier molecular flexibility index (Phi) is 5.46. The number of nitrogens with zero attached hydrogens (tertiary/aromatic N) is 2. The lowest BCUT2D eigenvalue weighted by atomic mass is 10.2. The third-order valence-electron chi connectivity index (χ3n) is 2.70. The average molecular weight is 235 g/mol. The summed E-state index contributed by atoms with van der Waals surface area (Å²) in [6.07, 6.45) is 4.10. The van der Waals surface area contributed by atoms with Gasteiger partial charge in [-0.15, -0.1) is 0 Å². The summed E-state index contributed by atoms with van der Waals surface area (Å²) in [6, 6.07) is 3.58. The molecule has 0 saturated carbocycles. The van der Waals surface area contributed by atoms with Gasteiger partial charge in [0.05, 0.1) is 18.3 Å². The zero-order valence-corrected chi connectivity index (χ0v) is 10.6. The Labute approximate surface area is 103 Å². The first-order valence-corrected chi connectivity index (χ1v) is 6.15. The van der Waals surface area contributed by atoms with Crippen molar-refractivity contribution in [1.82, 2.24) is 9.88 Å². The first-order valence-electron chi connectivity index (χ1n) is 6.15. The molecule has 4 nitrogen and oxygen atoms in total. The standard InChI is InChI=1S/C13H21N3O/c1-3-5-8-16(4-2)13(17)9-12-7-6-11(14)10-15-12/h6-7,10H,3-5,8-9,14H2,1-2H3. The Morgan fingerprint density at radius 1 is 1.41 bits per heavy atom. The molecule has 0 aromatic carbocycles. The molecule has 0 aliphatic carbocycles. The van der Waals surface area contributed by atoms with Crippen molar-refractivity contribution < 1.29 is 4.79 Å². The fourth-order valence-electron chi connectivity index (χ4n) is 1.62. The van der Waals surface area contributed by atoms with E-state index in [1.54, 1.807) is 18.3 Å². The van der Waals surface area contributed by atoms with Crippen LogP contribution in [0.5, 0.6) is 0 Å². The van der Waals surface area contributed by atoms with Gasteiger partial charge in [0.25, 0.3) is 0 Å². The predicted octanol–water partition coefficient (Wildman–Crippen LogP) is 1.85. The summed E-state index contributed by atoms with van der Waals surface area (Å²) in [5, 5.41) is 0. The van der Waals surface area contributed by atoms with Gasteiger partial charge in [-0.2, -0.15) is 0 Å². The molecule has 0 atom stereocenters. The number of amides is 1. The molecule has 0 unspecified atom stereocenters. The third-order valence-corrected chi connectivity index (χ3v) is 2.70. The predicted molar refractivity (Wildman–Crippen MR) is 69.5 cm³/mol. The van der Waals surface area contributed by atoms with Gasteiger partial charge in [0, 0.05) is 18.8 Å². The molecule has 0 aliphatic heterocycles. The molecule has 17 heavy (non-hydrogen) atoms. The van der Waals surface area contributed by atoms with Gasteiger partial charge in [0.2, 0.25) is 5.91 Å². The molecule has 0 spiro atoms. The number of likely N-dealkylation sites (N-methyl/N-ethyl adjacent to an activating group) is 1. The minimum absolute atomic E-state index is 0.137. The number of unbranched alkanes of at least 4 members (excludes halogenated alkanes) is 1. The summed E-state index contributed by atoms with van der Waals surface area (Å²) >= 11 is 0. The Hall–Kier alpha value is -1.58. The van der Waals surface area contributed by atoms with Crippen LogP contribution < -0.4 is 5.73 Å². The van der Waals surface area contributed by atoms with Crippen molar-refractivity contribution in [3.63, 3.8) is 0 Å². The maximum Gasteiger partial charge on any atom is 0.228 e. The first-order chi connectivity index (χ1) is 8.17. The molecule has 0 aliphatic rings. The molecule has 2 N–H and O–H groups in total. The highest BCUT2D eigenvalue weighted by Crippen LogP contribution is 2.05. The van der Waals surface area contributed by atoms with Crippen molar-refractivity contribution in [1.29, 1.82) is 0 Å². The van der Waals surface area contributed by atoms with Crippen LogP contribution in [0.4, 0.5) is 5.69 Å². The SMILES string of the molecule is CCCCN(CC)C(=O)Cc1ccc(N)cn1. The number of hydrogen-bond acceptors (Lipinski definition) is 3. The van der Waals surface area contributed by atoms with Gasteiger partial charge in [-0.05, 0) is 25.5 Å². The van der Waals surface area contributed by atoms with Crippen molar-refractivity contribution in [3.8, 4) is 0 Å². The number of pyridine rings is 1. The molecular formula is C13H21N3O. The summed E-state index contributed by atoms with van der Waals surface area (Å²) in [4.78, 5) is 18.0. The van der Waals surface area contributed by atoms with Crippen LogP contribution in [-0.4, -0.2) is 28.9 Å². The molecule has 94 valence electrons. The maximum absolute atomic E-state index is 12.0. The Balaban J connectivity index is 2.54. The molecule has 0 fully saturated rings. The molecule has 4 heteroatoms. The second-order valence-corrected chi connectivity index (χ2v) is 4.09. The summed E-state index contributed by atoms with van der Waals surface area (Å²) in [7, 11) is 0. The fourth-order valence-corrected chi connectivity index (χ4v) is 1.62. The topological polar surface area (TPSA) is 59.2 Å². The quantitative estimate of drug-likeness (QED) is 0.818. The number of carbonyl (C=O) groups is 1. The van der Waals surface area contributed by atoms with E-state index in [0.29, 0.717) is 12.1 Å². The Morgan fingerprint density at radius 3 is 2.71 bits per heavy atom. The lowest BCUT2D eigenvalue weighted by Gasteiger charge is -2.20. The number of aromatic nitrogens is 1. The normalized spacial score (nSPS) is 10.2. The van der Waals surface area contributed by atoms with Crippen LogP contribution in [0.2, 0.25) is 0 Å². The van der Waals surface area contributed by atoms with Crippen LogP contribution in [0.25, 0.3) is 0 Å². The van der Waals surface area contributed by atoms with Crippen molar-refractivity contribution in [2.75, 3.05) is 18.8 Å². The van der Waals surface area contributed by atoms with E-state index in [1.165, 1.54) is 0 Å². The fraction of sp³-hybridized carbons (Fsp3) is 0.538. The van der Waals surface area contributed by atoms with E-state index in [9.17, 15) is 4.79 Å². The number of carbonyl (C=O) groups excluding carboxylic acids is 1. The van der Waals surface area contributed by atoms with Gasteiger partial charge in [0.1, 0.15) is 0 Å². The third kappa shape index (κ3) is 4.43. The molecule has 0 radical (unpaired) electrons. The molecule has 1 aromatic rings. The second kappa shape index (κ2) is 6.89. The minimum atomic E-state index is 0.137. The van der Waals surface area contributed by atoms with Crippen molar-refractivity contribution in [3.05, 3.63) is 24.0 Å². The van der Waals surface area contributed by atoms with E-state index in [2.05, 4.69) is 11.9 Å². The van der Waals surface area contributed by atoms with Gasteiger partial charge in [-0.1, -0.05) is 13.3 Å². The average Bonchev–Trinajstić information content (AvgIpc) is 2.33. The van der Waals surface area contributed by atoms with Crippen LogP contribution in [0.15, 0.2) is 18.3 Å². The van der Waals surface area contributed by atoms with E-state index in [1.807, 2.05) is 11.8 Å². The summed E-state index contributed by atoms with van der Waals surface area (Å²) in [6.45, 7) is 5.72. The largest absolute Gasteiger partial charge is 0.397 e. The Bertz CT molecular complexity index is 348. The van der Waals surface area contributed by atoms with E-state index >= 15 is 0 Å². The van der Waals surface area contributed by atoms with Gasteiger partial charge in [0.15, 0.2) is 0 Å². The zero-order valence-electron chi connectivity index (χ0n) is 10.6.